The molecular formula is C25H30N4O. The summed E-state index contributed by atoms with van der Waals surface area (Å²) in [6, 6.07) is 16.6. The molecule has 1 aliphatic rings. The average Bonchev–Trinajstić information content (AvgIpc) is 3.44. The monoisotopic (exact) mass is 402 g/mol. The molecule has 1 amide bonds. The number of hydrogen-bond acceptors (Lipinski definition) is 3. The summed E-state index contributed by atoms with van der Waals surface area (Å²) in [6.07, 6.45) is 8.20. The second-order valence-corrected chi connectivity index (χ2v) is 8.32. The minimum atomic E-state index is 0.0696. The van der Waals surface area contributed by atoms with Gasteiger partial charge in [0.1, 0.15) is 11.6 Å². The van der Waals surface area contributed by atoms with Crippen LogP contribution in [0.4, 0.5) is 0 Å². The number of nitrogens with zero attached hydrogens (tertiary/aromatic N) is 4. The number of imidazole rings is 1. The van der Waals surface area contributed by atoms with E-state index < -0.39 is 0 Å². The number of pyridine rings is 1. The summed E-state index contributed by atoms with van der Waals surface area (Å²) >= 11 is 0. The fourth-order valence-electron chi connectivity index (χ4n) is 4.30. The Morgan fingerprint density at radius 1 is 1.13 bits per heavy atom. The van der Waals surface area contributed by atoms with Crippen molar-refractivity contribution in [3.63, 3.8) is 0 Å². The molecule has 3 heterocycles. The summed E-state index contributed by atoms with van der Waals surface area (Å²) in [5, 5.41) is 0. The first-order chi connectivity index (χ1) is 14.6. The van der Waals surface area contributed by atoms with E-state index in [-0.39, 0.29) is 11.9 Å². The molecule has 5 heteroatoms. The lowest BCUT2D eigenvalue weighted by Gasteiger charge is -2.25. The molecule has 1 unspecified atom stereocenters. The molecule has 0 spiro atoms. The summed E-state index contributed by atoms with van der Waals surface area (Å²) in [4.78, 5) is 24.4. The average molecular weight is 403 g/mol. The number of benzene rings is 1. The second-order valence-electron chi connectivity index (χ2n) is 8.32. The van der Waals surface area contributed by atoms with Gasteiger partial charge in [-0.1, -0.05) is 50.2 Å². The van der Waals surface area contributed by atoms with E-state index in [9.17, 15) is 4.79 Å². The van der Waals surface area contributed by atoms with E-state index in [1.165, 1.54) is 5.56 Å². The number of likely N-dealkylation sites (tertiary alicyclic amines) is 1. The fraction of sp³-hybridized carbons (Fsp3) is 0.400. The van der Waals surface area contributed by atoms with Gasteiger partial charge >= 0.3 is 0 Å². The number of hydrogen-bond donors (Lipinski definition) is 0. The molecule has 2 aromatic heterocycles. The third kappa shape index (κ3) is 4.45. The van der Waals surface area contributed by atoms with E-state index in [1.54, 1.807) is 0 Å². The molecule has 0 bridgehead atoms. The van der Waals surface area contributed by atoms with Crippen molar-refractivity contribution in [1.29, 1.82) is 0 Å². The molecule has 5 nitrogen and oxygen atoms in total. The maximum absolute atomic E-state index is 13.0. The van der Waals surface area contributed by atoms with E-state index in [4.69, 9.17) is 4.98 Å². The Kier molecular flexibility index (Phi) is 6.26. The van der Waals surface area contributed by atoms with Gasteiger partial charge in [-0.25, -0.2) is 9.97 Å². The Morgan fingerprint density at radius 2 is 1.97 bits per heavy atom. The summed E-state index contributed by atoms with van der Waals surface area (Å²) in [5.74, 6) is 2.43. The van der Waals surface area contributed by atoms with Gasteiger partial charge in [0.25, 0.3) is 0 Å². The summed E-state index contributed by atoms with van der Waals surface area (Å²) in [6.45, 7) is 5.09. The molecule has 0 saturated carbocycles. The summed E-state index contributed by atoms with van der Waals surface area (Å²) in [5.41, 5.74) is 2.27. The van der Waals surface area contributed by atoms with Gasteiger partial charge in [-0.2, -0.15) is 0 Å². The first kappa shape index (κ1) is 20.3. The number of carbonyl (C=O) groups is 1. The molecule has 1 atom stereocenters. The van der Waals surface area contributed by atoms with Crippen molar-refractivity contribution in [3.05, 3.63) is 78.0 Å². The molecule has 1 saturated heterocycles. The lowest BCUT2D eigenvalue weighted by Crippen LogP contribution is -2.31. The Balaban J connectivity index is 1.45. The van der Waals surface area contributed by atoms with Crippen molar-refractivity contribution in [2.75, 3.05) is 6.54 Å². The summed E-state index contributed by atoms with van der Waals surface area (Å²) in [7, 11) is 0. The highest BCUT2D eigenvalue weighted by Crippen LogP contribution is 2.32. The molecule has 3 aromatic rings. The number of amides is 1. The quantitative estimate of drug-likeness (QED) is 0.554. The second kappa shape index (κ2) is 9.24. The Morgan fingerprint density at radius 3 is 2.77 bits per heavy atom. The summed E-state index contributed by atoms with van der Waals surface area (Å²) < 4.78 is 2.05. The third-order valence-corrected chi connectivity index (χ3v) is 5.80. The molecule has 0 aliphatic carbocycles. The van der Waals surface area contributed by atoms with Crippen molar-refractivity contribution in [1.82, 2.24) is 19.4 Å². The highest BCUT2D eigenvalue weighted by molar-refractivity contribution is 5.77. The van der Waals surface area contributed by atoms with Crippen molar-refractivity contribution in [3.8, 4) is 5.82 Å². The van der Waals surface area contributed by atoms with Gasteiger partial charge in [0.15, 0.2) is 0 Å². The van der Waals surface area contributed by atoms with Gasteiger partial charge < -0.3 is 4.90 Å². The molecule has 0 radical (unpaired) electrons. The van der Waals surface area contributed by atoms with Crippen LogP contribution in [0.5, 0.6) is 0 Å². The molecule has 4 rings (SSSR count). The zero-order chi connectivity index (χ0) is 20.9. The minimum absolute atomic E-state index is 0.0696. The van der Waals surface area contributed by atoms with Gasteiger partial charge in [0.2, 0.25) is 5.91 Å². The number of aryl methyl sites for hydroxylation is 1. The first-order valence-corrected chi connectivity index (χ1v) is 11.0. The van der Waals surface area contributed by atoms with Crippen LogP contribution in [-0.2, 0) is 11.2 Å². The predicted molar refractivity (Wildman–Crippen MR) is 119 cm³/mol. The van der Waals surface area contributed by atoms with Crippen molar-refractivity contribution in [2.45, 2.75) is 57.9 Å². The maximum atomic E-state index is 13.0. The highest BCUT2D eigenvalue weighted by Gasteiger charge is 2.30. The lowest BCUT2D eigenvalue weighted by atomic mass is 10.1. The molecule has 30 heavy (non-hydrogen) atoms. The Labute approximate surface area is 178 Å². The lowest BCUT2D eigenvalue weighted by molar-refractivity contribution is -0.132. The van der Waals surface area contributed by atoms with Crippen LogP contribution in [0.25, 0.3) is 5.82 Å². The SMILES string of the molecule is CC(C)c1nccn1-c1cccc(C2CCCN2C(=O)CCCc2ccccc2)n1. The van der Waals surface area contributed by atoms with Gasteiger partial charge in [-0.15, -0.1) is 0 Å². The van der Waals surface area contributed by atoms with Crippen molar-refractivity contribution in [2.24, 2.45) is 0 Å². The molecular weight excluding hydrogens is 372 g/mol. The molecule has 0 N–H and O–H groups in total. The van der Waals surface area contributed by atoms with Crippen LogP contribution >= 0.6 is 0 Å². The fourth-order valence-corrected chi connectivity index (χ4v) is 4.30. The zero-order valence-electron chi connectivity index (χ0n) is 17.9. The van der Waals surface area contributed by atoms with E-state index in [0.29, 0.717) is 12.3 Å². The van der Waals surface area contributed by atoms with Crippen LogP contribution in [0.3, 0.4) is 0 Å². The Bertz CT molecular complexity index is 980. The maximum Gasteiger partial charge on any atom is 0.223 e. The third-order valence-electron chi connectivity index (χ3n) is 5.80. The Hall–Kier alpha value is -2.95. The first-order valence-electron chi connectivity index (χ1n) is 11.0. The van der Waals surface area contributed by atoms with Gasteiger partial charge in [0, 0.05) is 31.3 Å². The number of carbonyl (C=O) groups excluding carboxylic acids is 1. The van der Waals surface area contributed by atoms with Crippen LogP contribution in [0.1, 0.15) is 68.6 Å². The predicted octanol–water partition coefficient (Wildman–Crippen LogP) is 5.08. The van der Waals surface area contributed by atoms with Crippen LogP contribution in [0, 0.1) is 0 Å². The van der Waals surface area contributed by atoms with E-state index in [2.05, 4.69) is 53.7 Å². The van der Waals surface area contributed by atoms with Gasteiger partial charge in [0.05, 0.1) is 11.7 Å². The molecule has 1 fully saturated rings. The van der Waals surface area contributed by atoms with Crippen LogP contribution in [0.15, 0.2) is 60.9 Å². The van der Waals surface area contributed by atoms with Crippen LogP contribution in [0.2, 0.25) is 0 Å². The molecule has 156 valence electrons. The topological polar surface area (TPSA) is 51.0 Å². The smallest absolute Gasteiger partial charge is 0.223 e. The van der Waals surface area contributed by atoms with Crippen molar-refractivity contribution < 1.29 is 4.79 Å². The standard InChI is InChI=1S/C25H30N4O/c1-19(2)25-26-16-18-29(25)23-14-7-12-21(27-23)22-13-8-17-28(22)24(30)15-6-11-20-9-4-3-5-10-20/h3-5,7,9-10,12,14,16,18-19,22H,6,8,11,13,15,17H2,1-2H3. The zero-order valence-corrected chi connectivity index (χ0v) is 17.9. The van der Waals surface area contributed by atoms with E-state index >= 15 is 0 Å². The minimum Gasteiger partial charge on any atom is -0.334 e. The molecule has 1 aromatic carbocycles. The van der Waals surface area contributed by atoms with E-state index in [1.807, 2.05) is 35.5 Å². The van der Waals surface area contributed by atoms with Crippen molar-refractivity contribution >= 4 is 5.91 Å². The molecule has 1 aliphatic heterocycles. The van der Waals surface area contributed by atoms with Crippen LogP contribution in [-0.4, -0.2) is 31.9 Å². The number of aromatic nitrogens is 3. The normalized spacial score (nSPS) is 16.4. The number of rotatable bonds is 7. The van der Waals surface area contributed by atoms with Gasteiger partial charge in [-0.3, -0.25) is 9.36 Å². The van der Waals surface area contributed by atoms with Crippen LogP contribution < -0.4 is 0 Å². The largest absolute Gasteiger partial charge is 0.334 e. The highest BCUT2D eigenvalue weighted by atomic mass is 16.2. The van der Waals surface area contributed by atoms with E-state index in [0.717, 1.165) is 49.6 Å². The van der Waals surface area contributed by atoms with Gasteiger partial charge in [-0.05, 0) is 43.4 Å².